The number of anilines is 1. The molecule has 0 saturated carbocycles. The molecule has 0 aromatic heterocycles. The van der Waals surface area contributed by atoms with Crippen LogP contribution in [0.2, 0.25) is 5.02 Å². The van der Waals surface area contributed by atoms with Gasteiger partial charge in [0.15, 0.2) is 5.75 Å². The van der Waals surface area contributed by atoms with Gasteiger partial charge < -0.3 is 10.1 Å². The standard InChI is InChI=1S/C25H24BrClN2O2/c26-20-6-4-5-18(15-20)17-29-13-11-19(12-14-29)25(30)28-23-16-21(27)9-10-24(23)31-22-7-2-1-3-8-22/h1-10,15-16,19H,11-14,17H2,(H,28,30). The molecule has 1 fully saturated rings. The van der Waals surface area contributed by atoms with Gasteiger partial charge in [0.05, 0.1) is 5.69 Å². The molecule has 1 N–H and O–H groups in total. The highest BCUT2D eigenvalue weighted by atomic mass is 79.9. The van der Waals surface area contributed by atoms with E-state index in [0.717, 1.165) is 36.9 Å². The fourth-order valence-corrected chi connectivity index (χ4v) is 4.40. The minimum atomic E-state index is -0.0256. The fourth-order valence-electron chi connectivity index (χ4n) is 3.79. The summed E-state index contributed by atoms with van der Waals surface area (Å²) >= 11 is 9.71. The molecule has 4 rings (SSSR count). The van der Waals surface area contributed by atoms with Gasteiger partial charge >= 0.3 is 0 Å². The maximum absolute atomic E-state index is 13.0. The van der Waals surface area contributed by atoms with E-state index < -0.39 is 0 Å². The summed E-state index contributed by atoms with van der Waals surface area (Å²) in [5, 5.41) is 3.60. The van der Waals surface area contributed by atoms with Crippen molar-refractivity contribution in [1.29, 1.82) is 0 Å². The van der Waals surface area contributed by atoms with Crippen molar-refractivity contribution < 1.29 is 9.53 Å². The SMILES string of the molecule is O=C(Nc1cc(Cl)ccc1Oc1ccccc1)C1CCN(Cc2cccc(Br)c2)CC1. The van der Waals surface area contributed by atoms with Crippen LogP contribution in [-0.4, -0.2) is 23.9 Å². The van der Waals surface area contributed by atoms with E-state index in [1.54, 1.807) is 18.2 Å². The van der Waals surface area contributed by atoms with Crippen LogP contribution in [0.1, 0.15) is 18.4 Å². The molecule has 4 nitrogen and oxygen atoms in total. The van der Waals surface area contributed by atoms with Crippen LogP contribution >= 0.6 is 27.5 Å². The average Bonchev–Trinajstić information content (AvgIpc) is 2.77. The molecule has 3 aromatic carbocycles. The van der Waals surface area contributed by atoms with Crippen molar-refractivity contribution >= 4 is 39.1 Å². The van der Waals surface area contributed by atoms with Crippen LogP contribution < -0.4 is 10.1 Å². The molecular formula is C25H24BrClN2O2. The Morgan fingerprint density at radius 3 is 2.55 bits per heavy atom. The molecule has 1 heterocycles. The van der Waals surface area contributed by atoms with E-state index in [1.807, 2.05) is 36.4 Å². The summed E-state index contributed by atoms with van der Waals surface area (Å²) in [6.07, 6.45) is 1.66. The van der Waals surface area contributed by atoms with E-state index in [4.69, 9.17) is 16.3 Å². The zero-order valence-corrected chi connectivity index (χ0v) is 19.4. The number of hydrogen-bond acceptors (Lipinski definition) is 3. The first-order valence-electron chi connectivity index (χ1n) is 10.4. The molecular weight excluding hydrogens is 476 g/mol. The second kappa shape index (κ2) is 10.3. The molecule has 0 unspecified atom stereocenters. The first kappa shape index (κ1) is 21.9. The summed E-state index contributed by atoms with van der Waals surface area (Å²) < 4.78 is 7.05. The van der Waals surface area contributed by atoms with Crippen LogP contribution in [0.25, 0.3) is 0 Å². The number of halogens is 2. The summed E-state index contributed by atoms with van der Waals surface area (Å²) in [6.45, 7) is 2.69. The van der Waals surface area contributed by atoms with Crippen LogP contribution in [-0.2, 0) is 11.3 Å². The zero-order valence-electron chi connectivity index (χ0n) is 17.1. The molecule has 1 amide bonds. The lowest BCUT2D eigenvalue weighted by molar-refractivity contribution is -0.121. The predicted molar refractivity (Wildman–Crippen MR) is 129 cm³/mol. The van der Waals surface area contributed by atoms with Gasteiger partial charge in [0.25, 0.3) is 0 Å². The minimum Gasteiger partial charge on any atom is -0.455 e. The third kappa shape index (κ3) is 6.10. The number of nitrogens with zero attached hydrogens (tertiary/aromatic N) is 1. The van der Waals surface area contributed by atoms with Gasteiger partial charge in [-0.1, -0.05) is 57.9 Å². The van der Waals surface area contributed by atoms with Gasteiger partial charge in [-0.15, -0.1) is 0 Å². The van der Waals surface area contributed by atoms with E-state index >= 15 is 0 Å². The van der Waals surface area contributed by atoms with E-state index in [1.165, 1.54) is 5.56 Å². The maximum atomic E-state index is 13.0. The molecule has 1 aliphatic rings. The van der Waals surface area contributed by atoms with Crippen LogP contribution in [0.5, 0.6) is 11.5 Å². The Balaban J connectivity index is 1.36. The maximum Gasteiger partial charge on any atom is 0.227 e. The summed E-state index contributed by atoms with van der Waals surface area (Å²) in [5.41, 5.74) is 1.87. The van der Waals surface area contributed by atoms with Crippen molar-refractivity contribution in [1.82, 2.24) is 4.90 Å². The lowest BCUT2D eigenvalue weighted by Gasteiger charge is -2.31. The number of ether oxygens (including phenoxy) is 1. The number of likely N-dealkylation sites (tertiary alicyclic amines) is 1. The number of nitrogens with one attached hydrogen (secondary N) is 1. The first-order chi connectivity index (χ1) is 15.1. The highest BCUT2D eigenvalue weighted by Crippen LogP contribution is 2.33. The number of piperidine rings is 1. The summed E-state index contributed by atoms with van der Waals surface area (Å²) in [7, 11) is 0. The average molecular weight is 500 g/mol. The van der Waals surface area contributed by atoms with Crippen LogP contribution in [0, 0.1) is 5.92 Å². The van der Waals surface area contributed by atoms with Gasteiger partial charge in [0.2, 0.25) is 5.91 Å². The van der Waals surface area contributed by atoms with Gasteiger partial charge in [-0.3, -0.25) is 9.69 Å². The van der Waals surface area contributed by atoms with Crippen molar-refractivity contribution in [3.8, 4) is 11.5 Å². The molecule has 31 heavy (non-hydrogen) atoms. The molecule has 0 spiro atoms. The van der Waals surface area contributed by atoms with Crippen molar-refractivity contribution in [3.63, 3.8) is 0 Å². The Hall–Kier alpha value is -2.34. The number of carbonyl (C=O) groups excluding carboxylic acids is 1. The van der Waals surface area contributed by atoms with E-state index in [0.29, 0.717) is 22.2 Å². The monoisotopic (exact) mass is 498 g/mol. The van der Waals surface area contributed by atoms with Crippen LogP contribution in [0.3, 0.4) is 0 Å². The third-order valence-electron chi connectivity index (χ3n) is 5.42. The van der Waals surface area contributed by atoms with Crippen molar-refractivity contribution in [2.45, 2.75) is 19.4 Å². The molecule has 6 heteroatoms. The molecule has 1 aliphatic heterocycles. The molecule has 1 saturated heterocycles. The summed E-state index contributed by atoms with van der Waals surface area (Å²) in [4.78, 5) is 15.4. The van der Waals surface area contributed by atoms with Crippen molar-refractivity contribution in [2.75, 3.05) is 18.4 Å². The number of hydrogen-bond donors (Lipinski definition) is 1. The van der Waals surface area contributed by atoms with Crippen LogP contribution in [0.15, 0.2) is 77.3 Å². The molecule has 160 valence electrons. The minimum absolute atomic E-state index is 0.0160. The molecule has 0 radical (unpaired) electrons. The van der Waals surface area contributed by atoms with Crippen LogP contribution in [0.4, 0.5) is 5.69 Å². The Morgan fingerprint density at radius 2 is 1.81 bits per heavy atom. The topological polar surface area (TPSA) is 41.6 Å². The Kier molecular flexibility index (Phi) is 7.28. The van der Waals surface area contributed by atoms with Crippen molar-refractivity contribution in [2.24, 2.45) is 5.92 Å². The number of carbonyl (C=O) groups is 1. The van der Waals surface area contributed by atoms with Gasteiger partial charge in [0, 0.05) is 22.0 Å². The van der Waals surface area contributed by atoms with Gasteiger partial charge in [-0.2, -0.15) is 0 Å². The first-order valence-corrected chi connectivity index (χ1v) is 11.5. The lowest BCUT2D eigenvalue weighted by Crippen LogP contribution is -2.37. The molecule has 0 aliphatic carbocycles. The van der Waals surface area contributed by atoms with Gasteiger partial charge in [-0.25, -0.2) is 0 Å². The largest absolute Gasteiger partial charge is 0.455 e. The summed E-state index contributed by atoms with van der Waals surface area (Å²) in [5.74, 6) is 1.28. The number of amides is 1. The fraction of sp³-hybridized carbons (Fsp3) is 0.240. The zero-order chi connectivity index (χ0) is 21.6. The van der Waals surface area contributed by atoms with E-state index in [9.17, 15) is 4.79 Å². The lowest BCUT2D eigenvalue weighted by atomic mass is 9.95. The summed E-state index contributed by atoms with van der Waals surface area (Å²) in [6, 6.07) is 23.1. The number of benzene rings is 3. The normalized spacial score (nSPS) is 14.9. The van der Waals surface area contributed by atoms with E-state index in [2.05, 4.69) is 44.3 Å². The highest BCUT2D eigenvalue weighted by molar-refractivity contribution is 9.10. The second-order valence-corrected chi connectivity index (χ2v) is 9.08. The highest BCUT2D eigenvalue weighted by Gasteiger charge is 2.26. The Morgan fingerprint density at radius 1 is 1.03 bits per heavy atom. The van der Waals surface area contributed by atoms with Crippen molar-refractivity contribution in [3.05, 3.63) is 87.9 Å². The smallest absolute Gasteiger partial charge is 0.227 e. The second-order valence-electron chi connectivity index (χ2n) is 7.73. The quantitative estimate of drug-likeness (QED) is 0.408. The molecule has 0 atom stereocenters. The Labute approximate surface area is 196 Å². The third-order valence-corrected chi connectivity index (χ3v) is 6.15. The predicted octanol–water partition coefficient (Wildman–Crippen LogP) is 6.75. The number of rotatable bonds is 6. The molecule has 3 aromatic rings. The van der Waals surface area contributed by atoms with Gasteiger partial charge in [0.1, 0.15) is 5.75 Å². The number of para-hydroxylation sites is 1. The van der Waals surface area contributed by atoms with Gasteiger partial charge in [-0.05, 0) is 74.0 Å². The van der Waals surface area contributed by atoms with E-state index in [-0.39, 0.29) is 11.8 Å². The Bertz CT molecular complexity index is 1040. The molecule has 0 bridgehead atoms.